The van der Waals surface area contributed by atoms with Gasteiger partial charge in [0.05, 0.1) is 0 Å². The first kappa shape index (κ1) is 17.0. The monoisotopic (exact) mass is 339 g/mol. The molecule has 1 aromatic carbocycles. The molecule has 2 atom stereocenters. The Morgan fingerprint density at radius 3 is 2.50 bits per heavy atom. The van der Waals surface area contributed by atoms with Gasteiger partial charge in [-0.15, -0.1) is 24.8 Å². The van der Waals surface area contributed by atoms with Crippen molar-refractivity contribution in [3.8, 4) is 0 Å². The molecule has 0 bridgehead atoms. The van der Waals surface area contributed by atoms with Crippen LogP contribution in [-0.4, -0.2) is 42.0 Å². The fourth-order valence-electron chi connectivity index (χ4n) is 3.46. The molecule has 2 aromatic rings. The lowest BCUT2D eigenvalue weighted by atomic mass is 10.0. The Bertz CT molecular complexity index is 662. The van der Waals surface area contributed by atoms with Crippen LogP contribution < -0.4 is 5.32 Å². The smallest absolute Gasteiger partial charge is 0.273 e. The Labute approximate surface area is 142 Å². The molecular formula is C16H19Cl2N3O. The highest BCUT2D eigenvalue weighted by Crippen LogP contribution is 2.28. The lowest BCUT2D eigenvalue weighted by Crippen LogP contribution is -2.32. The number of pyridine rings is 1. The molecule has 1 amide bonds. The number of nitrogens with one attached hydrogen (secondary N) is 1. The normalized spacial score (nSPS) is 22.8. The molecule has 2 aliphatic heterocycles. The van der Waals surface area contributed by atoms with Crippen LogP contribution >= 0.6 is 24.8 Å². The number of benzene rings is 1. The van der Waals surface area contributed by atoms with Crippen molar-refractivity contribution in [2.75, 3.05) is 26.2 Å². The second-order valence-corrected chi connectivity index (χ2v) is 5.77. The maximum Gasteiger partial charge on any atom is 0.273 e. The zero-order valence-corrected chi connectivity index (χ0v) is 13.7. The van der Waals surface area contributed by atoms with E-state index in [0.29, 0.717) is 17.5 Å². The van der Waals surface area contributed by atoms with Crippen LogP contribution in [0.2, 0.25) is 0 Å². The maximum atomic E-state index is 12.7. The van der Waals surface area contributed by atoms with Crippen LogP contribution in [0.3, 0.4) is 0 Å². The van der Waals surface area contributed by atoms with Crippen LogP contribution in [0.1, 0.15) is 10.5 Å². The van der Waals surface area contributed by atoms with Crippen molar-refractivity contribution in [1.82, 2.24) is 15.2 Å². The summed E-state index contributed by atoms with van der Waals surface area (Å²) in [6.45, 7) is 3.80. The third-order valence-electron chi connectivity index (χ3n) is 4.55. The van der Waals surface area contributed by atoms with Crippen LogP contribution in [0, 0.1) is 11.8 Å². The van der Waals surface area contributed by atoms with Crippen molar-refractivity contribution < 1.29 is 4.79 Å². The molecule has 0 aliphatic carbocycles. The van der Waals surface area contributed by atoms with E-state index in [1.165, 1.54) is 0 Å². The van der Waals surface area contributed by atoms with Crippen molar-refractivity contribution in [3.63, 3.8) is 0 Å². The quantitative estimate of drug-likeness (QED) is 0.867. The molecule has 0 radical (unpaired) electrons. The van der Waals surface area contributed by atoms with Gasteiger partial charge in [0, 0.05) is 37.8 Å². The van der Waals surface area contributed by atoms with Crippen molar-refractivity contribution in [3.05, 3.63) is 42.2 Å². The molecule has 118 valence electrons. The van der Waals surface area contributed by atoms with E-state index >= 15 is 0 Å². The molecule has 22 heavy (non-hydrogen) atoms. The number of halogens is 2. The van der Waals surface area contributed by atoms with Crippen LogP contribution in [0.4, 0.5) is 0 Å². The van der Waals surface area contributed by atoms with Crippen LogP contribution in [0.5, 0.6) is 0 Å². The number of aromatic nitrogens is 1. The average molecular weight is 340 g/mol. The lowest BCUT2D eigenvalue weighted by Gasteiger charge is -2.17. The fraction of sp³-hybridized carbons (Fsp3) is 0.375. The van der Waals surface area contributed by atoms with Crippen molar-refractivity contribution in [2.24, 2.45) is 11.8 Å². The number of carbonyl (C=O) groups is 1. The molecule has 0 saturated carbocycles. The second-order valence-electron chi connectivity index (χ2n) is 5.77. The van der Waals surface area contributed by atoms with Gasteiger partial charge in [0.25, 0.3) is 5.91 Å². The minimum atomic E-state index is 0. The number of rotatable bonds is 1. The SMILES string of the molecule is Cl.Cl.O=C(c1nccc2ccccc12)N1C[C@H]2CNC[C@H]2C1. The van der Waals surface area contributed by atoms with Gasteiger partial charge in [-0.05, 0) is 23.3 Å². The second kappa shape index (κ2) is 6.82. The lowest BCUT2D eigenvalue weighted by molar-refractivity contribution is 0.0778. The van der Waals surface area contributed by atoms with Crippen LogP contribution in [0.25, 0.3) is 10.8 Å². The van der Waals surface area contributed by atoms with Crippen LogP contribution in [0.15, 0.2) is 36.5 Å². The molecule has 4 rings (SSSR count). The Hall–Kier alpha value is -1.36. The molecule has 1 aromatic heterocycles. The van der Waals surface area contributed by atoms with E-state index < -0.39 is 0 Å². The number of likely N-dealkylation sites (tertiary alicyclic amines) is 1. The minimum absolute atomic E-state index is 0. The van der Waals surface area contributed by atoms with E-state index in [4.69, 9.17) is 0 Å². The highest BCUT2D eigenvalue weighted by molar-refractivity contribution is 6.05. The number of hydrogen-bond donors (Lipinski definition) is 1. The zero-order chi connectivity index (χ0) is 13.5. The van der Waals surface area contributed by atoms with Gasteiger partial charge in [0.2, 0.25) is 0 Å². The molecule has 3 heterocycles. The highest BCUT2D eigenvalue weighted by Gasteiger charge is 2.38. The summed E-state index contributed by atoms with van der Waals surface area (Å²) in [5, 5.41) is 5.43. The van der Waals surface area contributed by atoms with Gasteiger partial charge >= 0.3 is 0 Å². The molecule has 2 saturated heterocycles. The van der Waals surface area contributed by atoms with E-state index in [9.17, 15) is 4.79 Å². The highest BCUT2D eigenvalue weighted by atomic mass is 35.5. The first-order chi connectivity index (χ1) is 9.83. The molecule has 4 nitrogen and oxygen atoms in total. The Balaban J connectivity index is 0.000000882. The molecule has 0 spiro atoms. The summed E-state index contributed by atoms with van der Waals surface area (Å²) in [5.41, 5.74) is 0.594. The molecule has 2 aliphatic rings. The summed E-state index contributed by atoms with van der Waals surface area (Å²) < 4.78 is 0. The average Bonchev–Trinajstić information content (AvgIpc) is 3.07. The summed E-state index contributed by atoms with van der Waals surface area (Å²) in [7, 11) is 0. The standard InChI is InChI=1S/C16H17N3O.2ClH/c20-16(19-9-12-7-17-8-13(12)10-19)15-14-4-2-1-3-11(14)5-6-18-15;;/h1-6,12-13,17H,7-10H2;2*1H/t12-,13+;;. The van der Waals surface area contributed by atoms with Crippen LogP contribution in [-0.2, 0) is 0 Å². The molecule has 2 fully saturated rings. The van der Waals surface area contributed by atoms with Gasteiger partial charge in [-0.25, -0.2) is 0 Å². The minimum Gasteiger partial charge on any atom is -0.337 e. The fourth-order valence-corrected chi connectivity index (χ4v) is 3.46. The van der Waals surface area contributed by atoms with E-state index in [-0.39, 0.29) is 30.7 Å². The largest absolute Gasteiger partial charge is 0.337 e. The van der Waals surface area contributed by atoms with E-state index in [1.54, 1.807) is 6.20 Å². The van der Waals surface area contributed by atoms with Gasteiger partial charge < -0.3 is 10.2 Å². The van der Waals surface area contributed by atoms with E-state index in [2.05, 4.69) is 10.3 Å². The first-order valence-corrected chi connectivity index (χ1v) is 7.16. The Morgan fingerprint density at radius 2 is 1.77 bits per heavy atom. The summed E-state index contributed by atoms with van der Waals surface area (Å²) in [4.78, 5) is 19.1. The molecular weight excluding hydrogens is 321 g/mol. The third kappa shape index (κ3) is 2.78. The van der Waals surface area contributed by atoms with Crippen molar-refractivity contribution in [2.45, 2.75) is 0 Å². The molecule has 1 N–H and O–H groups in total. The maximum absolute atomic E-state index is 12.7. The number of nitrogens with zero attached hydrogens (tertiary/aromatic N) is 2. The number of carbonyl (C=O) groups excluding carboxylic acids is 1. The summed E-state index contributed by atoms with van der Waals surface area (Å²) in [5.74, 6) is 1.32. The zero-order valence-electron chi connectivity index (χ0n) is 12.1. The molecule has 6 heteroatoms. The van der Waals surface area contributed by atoms with Crippen molar-refractivity contribution in [1.29, 1.82) is 0 Å². The molecule has 0 unspecified atom stereocenters. The Kier molecular flexibility index (Phi) is 5.27. The predicted molar refractivity (Wildman–Crippen MR) is 92.0 cm³/mol. The summed E-state index contributed by atoms with van der Waals surface area (Å²) >= 11 is 0. The number of amides is 1. The van der Waals surface area contributed by atoms with E-state index in [1.807, 2.05) is 35.2 Å². The van der Waals surface area contributed by atoms with Gasteiger partial charge in [0.1, 0.15) is 5.69 Å². The predicted octanol–water partition coefficient (Wildman–Crippen LogP) is 2.37. The summed E-state index contributed by atoms with van der Waals surface area (Å²) in [6.07, 6.45) is 1.73. The van der Waals surface area contributed by atoms with Gasteiger partial charge in [-0.1, -0.05) is 24.3 Å². The third-order valence-corrected chi connectivity index (χ3v) is 4.55. The topological polar surface area (TPSA) is 45.2 Å². The first-order valence-electron chi connectivity index (χ1n) is 7.16. The number of fused-ring (bicyclic) bond motifs is 2. The van der Waals surface area contributed by atoms with Gasteiger partial charge in [-0.3, -0.25) is 9.78 Å². The Morgan fingerprint density at radius 1 is 1.09 bits per heavy atom. The number of hydrogen-bond acceptors (Lipinski definition) is 3. The van der Waals surface area contributed by atoms with Crippen molar-refractivity contribution >= 4 is 41.5 Å². The summed E-state index contributed by atoms with van der Waals surface area (Å²) in [6, 6.07) is 9.91. The van der Waals surface area contributed by atoms with Gasteiger partial charge in [0.15, 0.2) is 0 Å². The van der Waals surface area contributed by atoms with Gasteiger partial charge in [-0.2, -0.15) is 0 Å². The van der Waals surface area contributed by atoms with E-state index in [0.717, 1.165) is 37.0 Å².